The van der Waals surface area contributed by atoms with Crippen molar-refractivity contribution in [2.75, 3.05) is 18.0 Å². The topological polar surface area (TPSA) is 49.2 Å². The number of hydrogen-bond acceptors (Lipinski definition) is 4. The van der Waals surface area contributed by atoms with E-state index in [1.54, 1.807) is 12.4 Å². The van der Waals surface area contributed by atoms with Crippen LogP contribution in [0.1, 0.15) is 39.3 Å². The van der Waals surface area contributed by atoms with Gasteiger partial charge < -0.3 is 10.0 Å². The first-order valence-corrected chi connectivity index (χ1v) is 6.41. The van der Waals surface area contributed by atoms with E-state index in [1.807, 2.05) is 0 Å². The summed E-state index contributed by atoms with van der Waals surface area (Å²) in [5.41, 5.74) is 0.618. The van der Waals surface area contributed by atoms with Gasteiger partial charge in [-0.1, -0.05) is 26.7 Å². The summed E-state index contributed by atoms with van der Waals surface area (Å²) in [5.74, 6) is 1.60. The first kappa shape index (κ1) is 13.9. The molecule has 0 fully saturated rings. The second-order valence-corrected chi connectivity index (χ2v) is 4.25. The highest BCUT2D eigenvalue weighted by Crippen LogP contribution is 2.15. The van der Waals surface area contributed by atoms with Gasteiger partial charge in [0.05, 0.1) is 24.7 Å². The monoisotopic (exact) mass is 237 g/mol. The minimum atomic E-state index is -0.0497. The van der Waals surface area contributed by atoms with Gasteiger partial charge in [0.25, 0.3) is 0 Å². The molecule has 0 spiro atoms. The Bertz CT molecular complexity index is 309. The predicted molar refractivity (Wildman–Crippen MR) is 69.9 cm³/mol. The Morgan fingerprint density at radius 2 is 1.88 bits per heavy atom. The van der Waals surface area contributed by atoms with Gasteiger partial charge in [0.1, 0.15) is 5.82 Å². The van der Waals surface area contributed by atoms with Crippen LogP contribution >= 0.6 is 0 Å². The Balaban J connectivity index is 2.71. The van der Waals surface area contributed by atoms with Crippen LogP contribution in [0.5, 0.6) is 0 Å². The first-order chi connectivity index (χ1) is 8.24. The Hall–Kier alpha value is -1.16. The second kappa shape index (κ2) is 7.22. The molecule has 0 amide bonds. The summed E-state index contributed by atoms with van der Waals surface area (Å²) in [6, 6.07) is 0. The van der Waals surface area contributed by atoms with Crippen LogP contribution in [0, 0.1) is 5.92 Å². The molecular formula is C13H23N3O. The van der Waals surface area contributed by atoms with Crippen molar-refractivity contribution in [3.05, 3.63) is 18.1 Å². The van der Waals surface area contributed by atoms with Gasteiger partial charge in [-0.25, -0.2) is 4.98 Å². The summed E-state index contributed by atoms with van der Waals surface area (Å²) < 4.78 is 0. The number of aliphatic hydroxyl groups is 1. The smallest absolute Gasteiger partial charge is 0.147 e. The third kappa shape index (κ3) is 3.97. The van der Waals surface area contributed by atoms with Gasteiger partial charge in [-0.2, -0.15) is 0 Å². The van der Waals surface area contributed by atoms with Crippen molar-refractivity contribution in [2.45, 2.75) is 40.2 Å². The predicted octanol–water partition coefficient (Wildman–Crippen LogP) is 2.23. The van der Waals surface area contributed by atoms with E-state index >= 15 is 0 Å². The maximum atomic E-state index is 8.93. The fourth-order valence-corrected chi connectivity index (χ4v) is 1.84. The molecule has 0 aliphatic rings. The van der Waals surface area contributed by atoms with E-state index in [9.17, 15) is 0 Å². The molecule has 1 aromatic heterocycles. The summed E-state index contributed by atoms with van der Waals surface area (Å²) in [5, 5.41) is 8.93. The van der Waals surface area contributed by atoms with Crippen molar-refractivity contribution in [2.24, 2.45) is 5.92 Å². The molecule has 1 heterocycles. The molecule has 0 bridgehead atoms. The van der Waals surface area contributed by atoms with E-state index in [1.165, 1.54) is 12.8 Å². The van der Waals surface area contributed by atoms with Crippen molar-refractivity contribution >= 4 is 5.82 Å². The van der Waals surface area contributed by atoms with Crippen LogP contribution in [0.25, 0.3) is 0 Å². The SMILES string of the molecule is CCC(CC)CN(CC)c1cnc(CO)cn1. The number of hydrogen-bond donors (Lipinski definition) is 1. The Morgan fingerprint density at radius 1 is 1.18 bits per heavy atom. The quantitative estimate of drug-likeness (QED) is 0.790. The Morgan fingerprint density at radius 3 is 2.29 bits per heavy atom. The molecule has 96 valence electrons. The van der Waals surface area contributed by atoms with E-state index in [0.29, 0.717) is 11.6 Å². The first-order valence-electron chi connectivity index (χ1n) is 6.41. The zero-order chi connectivity index (χ0) is 12.7. The molecule has 0 unspecified atom stereocenters. The Labute approximate surface area is 104 Å². The lowest BCUT2D eigenvalue weighted by molar-refractivity contribution is 0.276. The summed E-state index contributed by atoms with van der Waals surface area (Å²) in [7, 11) is 0. The van der Waals surface area contributed by atoms with E-state index in [0.717, 1.165) is 18.9 Å². The van der Waals surface area contributed by atoms with Gasteiger partial charge in [0.2, 0.25) is 0 Å². The minimum absolute atomic E-state index is 0.0497. The fraction of sp³-hybridized carbons (Fsp3) is 0.692. The summed E-state index contributed by atoms with van der Waals surface area (Å²) in [6.07, 6.45) is 5.77. The second-order valence-electron chi connectivity index (χ2n) is 4.25. The molecule has 0 saturated carbocycles. The number of aliphatic hydroxyl groups excluding tert-OH is 1. The normalized spacial score (nSPS) is 10.9. The van der Waals surface area contributed by atoms with Gasteiger partial charge in [-0.05, 0) is 12.8 Å². The molecule has 1 N–H and O–H groups in total. The molecule has 0 aliphatic carbocycles. The Kier molecular flexibility index (Phi) is 5.91. The third-order valence-electron chi connectivity index (χ3n) is 3.19. The van der Waals surface area contributed by atoms with Crippen molar-refractivity contribution < 1.29 is 5.11 Å². The van der Waals surface area contributed by atoms with Gasteiger partial charge in [-0.3, -0.25) is 4.98 Å². The van der Waals surface area contributed by atoms with Crippen molar-refractivity contribution in [1.29, 1.82) is 0 Å². The molecule has 0 saturated heterocycles. The van der Waals surface area contributed by atoms with E-state index in [4.69, 9.17) is 5.11 Å². The highest BCUT2D eigenvalue weighted by atomic mass is 16.3. The zero-order valence-corrected chi connectivity index (χ0v) is 11.1. The highest BCUT2D eigenvalue weighted by Gasteiger charge is 2.11. The molecule has 0 aliphatic heterocycles. The molecule has 4 nitrogen and oxygen atoms in total. The number of aromatic nitrogens is 2. The van der Waals surface area contributed by atoms with Gasteiger partial charge in [-0.15, -0.1) is 0 Å². The lowest BCUT2D eigenvalue weighted by Crippen LogP contribution is -2.29. The third-order valence-corrected chi connectivity index (χ3v) is 3.19. The average Bonchev–Trinajstić information content (AvgIpc) is 2.40. The van der Waals surface area contributed by atoms with Crippen LogP contribution in [0.4, 0.5) is 5.82 Å². The lowest BCUT2D eigenvalue weighted by Gasteiger charge is -2.26. The standard InChI is InChI=1S/C13H23N3O/c1-4-11(5-2)9-16(6-3)13-8-14-12(10-17)7-15-13/h7-8,11,17H,4-6,9-10H2,1-3H3. The maximum Gasteiger partial charge on any atom is 0.147 e. The molecule has 0 atom stereocenters. The molecule has 17 heavy (non-hydrogen) atoms. The summed E-state index contributed by atoms with van der Waals surface area (Å²) in [4.78, 5) is 10.8. The summed E-state index contributed by atoms with van der Waals surface area (Å²) >= 11 is 0. The molecular weight excluding hydrogens is 214 g/mol. The average molecular weight is 237 g/mol. The van der Waals surface area contributed by atoms with Crippen molar-refractivity contribution in [1.82, 2.24) is 9.97 Å². The van der Waals surface area contributed by atoms with Gasteiger partial charge in [0.15, 0.2) is 0 Å². The number of rotatable bonds is 7. The van der Waals surface area contributed by atoms with Crippen LogP contribution in [0.15, 0.2) is 12.4 Å². The molecule has 4 heteroatoms. The zero-order valence-electron chi connectivity index (χ0n) is 11.1. The fourth-order valence-electron chi connectivity index (χ4n) is 1.84. The van der Waals surface area contributed by atoms with E-state index < -0.39 is 0 Å². The largest absolute Gasteiger partial charge is 0.390 e. The van der Waals surface area contributed by atoms with E-state index in [2.05, 4.69) is 35.6 Å². The van der Waals surface area contributed by atoms with Crippen molar-refractivity contribution in [3.63, 3.8) is 0 Å². The molecule has 1 aromatic rings. The van der Waals surface area contributed by atoms with Crippen LogP contribution in [0.3, 0.4) is 0 Å². The molecule has 0 radical (unpaired) electrons. The van der Waals surface area contributed by atoms with E-state index in [-0.39, 0.29) is 6.61 Å². The lowest BCUT2D eigenvalue weighted by atomic mass is 10.0. The summed E-state index contributed by atoms with van der Waals surface area (Å²) in [6.45, 7) is 8.49. The minimum Gasteiger partial charge on any atom is -0.390 e. The van der Waals surface area contributed by atoms with Crippen LogP contribution in [0.2, 0.25) is 0 Å². The molecule has 0 aromatic carbocycles. The molecule has 1 rings (SSSR count). The highest BCUT2D eigenvalue weighted by molar-refractivity contribution is 5.35. The van der Waals surface area contributed by atoms with Crippen LogP contribution < -0.4 is 4.90 Å². The number of nitrogens with zero attached hydrogens (tertiary/aromatic N) is 3. The number of anilines is 1. The van der Waals surface area contributed by atoms with Gasteiger partial charge in [0, 0.05) is 13.1 Å². The van der Waals surface area contributed by atoms with Crippen molar-refractivity contribution in [3.8, 4) is 0 Å². The maximum absolute atomic E-state index is 8.93. The van der Waals surface area contributed by atoms with Crippen LogP contribution in [-0.4, -0.2) is 28.2 Å². The van der Waals surface area contributed by atoms with Gasteiger partial charge >= 0.3 is 0 Å². The van der Waals surface area contributed by atoms with Crippen LogP contribution in [-0.2, 0) is 6.61 Å².